The van der Waals surface area contributed by atoms with Crippen LogP contribution in [0.1, 0.15) is 18.1 Å². The van der Waals surface area contributed by atoms with E-state index in [1.807, 2.05) is 43.3 Å². The average Bonchev–Trinajstić information content (AvgIpc) is 3.08. The molecule has 0 saturated heterocycles. The van der Waals surface area contributed by atoms with Crippen molar-refractivity contribution in [2.45, 2.75) is 26.6 Å². The van der Waals surface area contributed by atoms with Crippen LogP contribution in [0.15, 0.2) is 42.5 Å². The lowest BCUT2D eigenvalue weighted by molar-refractivity contribution is 0.303. The fourth-order valence-corrected chi connectivity index (χ4v) is 2.61. The molecule has 0 aliphatic rings. The Bertz CT molecular complexity index is 853. The molecule has 0 aliphatic heterocycles. The molecular formula is C17H17Cl2N5O. The summed E-state index contributed by atoms with van der Waals surface area (Å²) in [7, 11) is 0. The molecule has 1 heterocycles. The third kappa shape index (κ3) is 4.61. The van der Waals surface area contributed by atoms with E-state index in [1.165, 1.54) is 4.80 Å². The molecule has 0 fully saturated rings. The second kappa shape index (κ2) is 8.18. The Morgan fingerprint density at radius 2 is 1.96 bits per heavy atom. The molecule has 1 N–H and O–H groups in total. The molecule has 130 valence electrons. The van der Waals surface area contributed by atoms with Crippen molar-refractivity contribution in [2.75, 3.05) is 5.32 Å². The van der Waals surface area contributed by atoms with E-state index in [-0.39, 0.29) is 0 Å². The van der Waals surface area contributed by atoms with Gasteiger partial charge >= 0.3 is 0 Å². The highest BCUT2D eigenvalue weighted by Gasteiger charge is 2.08. The highest BCUT2D eigenvalue weighted by molar-refractivity contribution is 6.31. The lowest BCUT2D eigenvalue weighted by Gasteiger charge is -2.13. The predicted molar refractivity (Wildman–Crippen MR) is 98.1 cm³/mol. The molecule has 0 aliphatic carbocycles. The number of tetrazole rings is 1. The van der Waals surface area contributed by atoms with Crippen LogP contribution in [0.25, 0.3) is 0 Å². The van der Waals surface area contributed by atoms with E-state index in [4.69, 9.17) is 27.9 Å². The summed E-state index contributed by atoms with van der Waals surface area (Å²) < 4.78 is 5.93. The van der Waals surface area contributed by atoms with Crippen molar-refractivity contribution in [3.05, 3.63) is 63.6 Å². The molecule has 0 atom stereocenters. The van der Waals surface area contributed by atoms with Crippen molar-refractivity contribution >= 4 is 29.2 Å². The number of hydrogen-bond acceptors (Lipinski definition) is 5. The number of rotatable bonds is 7. The van der Waals surface area contributed by atoms with Crippen LogP contribution in [-0.4, -0.2) is 20.2 Å². The van der Waals surface area contributed by atoms with Gasteiger partial charge in [-0.25, -0.2) is 0 Å². The summed E-state index contributed by atoms with van der Waals surface area (Å²) in [5, 5.41) is 16.5. The molecular weight excluding hydrogens is 361 g/mol. The molecule has 3 aromatic rings. The van der Waals surface area contributed by atoms with Crippen LogP contribution in [-0.2, 0) is 19.7 Å². The Balaban J connectivity index is 1.70. The van der Waals surface area contributed by atoms with Gasteiger partial charge in [-0.05, 0) is 36.4 Å². The van der Waals surface area contributed by atoms with Gasteiger partial charge in [0.1, 0.15) is 12.4 Å². The third-order valence-corrected chi connectivity index (χ3v) is 4.14. The van der Waals surface area contributed by atoms with E-state index in [1.54, 1.807) is 6.07 Å². The SMILES string of the molecule is CCn1nnc(NCc2cc(Cl)ccc2OCc2ccccc2Cl)n1. The Morgan fingerprint density at radius 3 is 2.72 bits per heavy atom. The largest absolute Gasteiger partial charge is 0.488 e. The number of nitrogens with one attached hydrogen (secondary N) is 1. The van der Waals surface area contributed by atoms with Crippen molar-refractivity contribution in [2.24, 2.45) is 0 Å². The van der Waals surface area contributed by atoms with E-state index >= 15 is 0 Å². The lowest BCUT2D eigenvalue weighted by Crippen LogP contribution is -2.05. The van der Waals surface area contributed by atoms with Crippen molar-refractivity contribution in [3.8, 4) is 5.75 Å². The zero-order chi connectivity index (χ0) is 17.6. The van der Waals surface area contributed by atoms with Crippen LogP contribution in [0.3, 0.4) is 0 Å². The lowest BCUT2D eigenvalue weighted by atomic mass is 10.2. The smallest absolute Gasteiger partial charge is 0.263 e. The summed E-state index contributed by atoms with van der Waals surface area (Å²) in [6.07, 6.45) is 0. The number of ether oxygens (including phenoxy) is 1. The minimum absolute atomic E-state index is 0.374. The van der Waals surface area contributed by atoms with Gasteiger partial charge in [0.05, 0.1) is 6.54 Å². The van der Waals surface area contributed by atoms with Crippen molar-refractivity contribution in [1.29, 1.82) is 0 Å². The number of aryl methyl sites for hydroxylation is 1. The normalized spacial score (nSPS) is 10.7. The average molecular weight is 378 g/mol. The summed E-state index contributed by atoms with van der Waals surface area (Å²) in [5.41, 5.74) is 1.82. The van der Waals surface area contributed by atoms with Crippen LogP contribution in [0.2, 0.25) is 10.0 Å². The molecule has 0 unspecified atom stereocenters. The fourth-order valence-electron chi connectivity index (χ4n) is 2.22. The summed E-state index contributed by atoms with van der Waals surface area (Å²) >= 11 is 12.3. The van der Waals surface area contributed by atoms with Gasteiger partial charge in [-0.3, -0.25) is 0 Å². The predicted octanol–water partition coefficient (Wildman–Crippen LogP) is 4.19. The molecule has 0 radical (unpaired) electrons. The highest BCUT2D eigenvalue weighted by Crippen LogP contribution is 2.25. The molecule has 1 aromatic heterocycles. The van der Waals surface area contributed by atoms with Crippen LogP contribution in [0, 0.1) is 0 Å². The van der Waals surface area contributed by atoms with Crippen molar-refractivity contribution in [1.82, 2.24) is 20.2 Å². The number of aromatic nitrogens is 4. The number of hydrogen-bond donors (Lipinski definition) is 1. The number of halogens is 2. The maximum absolute atomic E-state index is 6.17. The van der Waals surface area contributed by atoms with E-state index in [2.05, 4.69) is 20.7 Å². The quantitative estimate of drug-likeness (QED) is 0.668. The Hall–Kier alpha value is -2.31. The molecule has 0 bridgehead atoms. The van der Waals surface area contributed by atoms with Gasteiger partial charge in [-0.2, -0.15) is 4.80 Å². The minimum Gasteiger partial charge on any atom is -0.488 e. The summed E-state index contributed by atoms with van der Waals surface area (Å²) in [6.45, 7) is 3.45. The first-order valence-corrected chi connectivity index (χ1v) is 8.57. The molecule has 0 saturated carbocycles. The second-order valence-electron chi connectivity index (χ2n) is 5.29. The Kier molecular flexibility index (Phi) is 5.73. The number of benzene rings is 2. The van der Waals surface area contributed by atoms with Crippen molar-refractivity contribution < 1.29 is 4.74 Å². The Labute approximate surface area is 155 Å². The van der Waals surface area contributed by atoms with Gasteiger partial charge in [0.2, 0.25) is 0 Å². The molecule has 3 rings (SSSR count). The maximum Gasteiger partial charge on any atom is 0.263 e. The summed E-state index contributed by atoms with van der Waals surface area (Å²) in [5.74, 6) is 1.18. The standard InChI is InChI=1S/C17H17Cl2N5O/c1-2-24-22-17(21-23-24)20-10-13-9-14(18)7-8-16(13)25-11-12-5-3-4-6-15(12)19/h3-9H,2,10-11H2,1H3,(H,20,22). The molecule has 6 nitrogen and oxygen atoms in total. The van der Waals surface area contributed by atoms with E-state index < -0.39 is 0 Å². The van der Waals surface area contributed by atoms with Crippen LogP contribution >= 0.6 is 23.2 Å². The first kappa shape index (κ1) is 17.5. The molecule has 8 heteroatoms. The van der Waals surface area contributed by atoms with E-state index in [9.17, 15) is 0 Å². The molecule has 0 spiro atoms. The van der Waals surface area contributed by atoms with Gasteiger partial charge < -0.3 is 10.1 Å². The van der Waals surface area contributed by atoms with Gasteiger partial charge in [-0.1, -0.05) is 46.5 Å². The van der Waals surface area contributed by atoms with Crippen LogP contribution in [0.4, 0.5) is 5.95 Å². The highest BCUT2D eigenvalue weighted by atomic mass is 35.5. The second-order valence-corrected chi connectivity index (χ2v) is 6.13. The summed E-state index contributed by atoms with van der Waals surface area (Å²) in [6, 6.07) is 13.1. The maximum atomic E-state index is 6.17. The van der Waals surface area contributed by atoms with Gasteiger partial charge in [0.25, 0.3) is 5.95 Å². The fraction of sp³-hybridized carbons (Fsp3) is 0.235. The van der Waals surface area contributed by atoms with Crippen LogP contribution in [0.5, 0.6) is 5.75 Å². The molecule has 2 aromatic carbocycles. The van der Waals surface area contributed by atoms with Gasteiger partial charge in [-0.15, -0.1) is 5.10 Å². The van der Waals surface area contributed by atoms with Gasteiger partial charge in [0, 0.05) is 27.7 Å². The van der Waals surface area contributed by atoms with Crippen molar-refractivity contribution in [3.63, 3.8) is 0 Å². The zero-order valence-corrected chi connectivity index (χ0v) is 15.1. The van der Waals surface area contributed by atoms with Gasteiger partial charge in [0.15, 0.2) is 0 Å². The zero-order valence-electron chi connectivity index (χ0n) is 13.6. The first-order chi connectivity index (χ1) is 12.2. The summed E-state index contributed by atoms with van der Waals surface area (Å²) in [4.78, 5) is 1.51. The molecule has 25 heavy (non-hydrogen) atoms. The molecule has 0 amide bonds. The third-order valence-electron chi connectivity index (χ3n) is 3.54. The van der Waals surface area contributed by atoms with E-state index in [0.717, 1.165) is 16.9 Å². The van der Waals surface area contributed by atoms with E-state index in [0.29, 0.717) is 35.7 Å². The van der Waals surface area contributed by atoms with Crippen LogP contribution < -0.4 is 10.1 Å². The number of nitrogens with zero attached hydrogens (tertiary/aromatic N) is 4. The monoisotopic (exact) mass is 377 g/mol. The first-order valence-electron chi connectivity index (χ1n) is 7.82. The number of anilines is 1. The topological polar surface area (TPSA) is 64.9 Å². The minimum atomic E-state index is 0.374. The Morgan fingerprint density at radius 1 is 1.12 bits per heavy atom.